The van der Waals surface area contributed by atoms with Gasteiger partial charge < -0.3 is 0 Å². The Morgan fingerprint density at radius 3 is 3.18 bits per heavy atom. The van der Waals surface area contributed by atoms with Crippen molar-refractivity contribution in [3.8, 4) is 0 Å². The average molecular weight is 148 g/mol. The number of rotatable bonds is 0. The van der Waals surface area contributed by atoms with Crippen LogP contribution in [0.1, 0.15) is 30.4 Å². The molecule has 0 saturated heterocycles. The van der Waals surface area contributed by atoms with Crippen LogP contribution in [0.25, 0.3) is 0 Å². The number of aromatic nitrogens is 1. The Morgan fingerprint density at radius 2 is 2.36 bits per heavy atom. The largest absolute Gasteiger partial charge is 0.207 e. The summed E-state index contributed by atoms with van der Waals surface area (Å²) in [5.41, 5.74) is 3.10. The van der Waals surface area contributed by atoms with Crippen molar-refractivity contribution in [2.24, 2.45) is 7.05 Å². The van der Waals surface area contributed by atoms with Gasteiger partial charge in [-0.1, -0.05) is 6.92 Å². The molecule has 0 aromatic carbocycles. The monoisotopic (exact) mass is 148 g/mol. The molecule has 1 aliphatic rings. The van der Waals surface area contributed by atoms with Gasteiger partial charge in [0.25, 0.3) is 0 Å². The van der Waals surface area contributed by atoms with Gasteiger partial charge in [-0.2, -0.15) is 0 Å². The third-order valence-electron chi connectivity index (χ3n) is 2.60. The van der Waals surface area contributed by atoms with Gasteiger partial charge in [-0.05, 0) is 24.3 Å². The van der Waals surface area contributed by atoms with Crippen LogP contribution in [0.5, 0.6) is 0 Å². The normalized spacial score (nSPS) is 21.8. The van der Waals surface area contributed by atoms with Crippen LogP contribution >= 0.6 is 0 Å². The van der Waals surface area contributed by atoms with Gasteiger partial charge in [0.05, 0.1) is 0 Å². The molecule has 11 heavy (non-hydrogen) atoms. The lowest BCUT2D eigenvalue weighted by Gasteiger charge is -1.99. The van der Waals surface area contributed by atoms with Crippen LogP contribution in [-0.4, -0.2) is 0 Å². The molecule has 1 aromatic rings. The van der Waals surface area contributed by atoms with Crippen molar-refractivity contribution in [3.05, 3.63) is 29.6 Å². The quantitative estimate of drug-likeness (QED) is 0.492. The second-order valence-corrected chi connectivity index (χ2v) is 3.53. The Labute approximate surface area is 67.7 Å². The van der Waals surface area contributed by atoms with Crippen molar-refractivity contribution in [2.45, 2.75) is 25.7 Å². The summed E-state index contributed by atoms with van der Waals surface area (Å²) < 4.78 is 2.14. The minimum Gasteiger partial charge on any atom is -0.207 e. The molecule has 0 radical (unpaired) electrons. The van der Waals surface area contributed by atoms with Gasteiger partial charge in [-0.25, -0.2) is 4.57 Å². The highest BCUT2D eigenvalue weighted by Gasteiger charge is 2.20. The molecular formula is C10H14N+. The highest BCUT2D eigenvalue weighted by molar-refractivity contribution is 5.29. The number of hydrogen-bond acceptors (Lipinski definition) is 0. The first kappa shape index (κ1) is 6.84. The van der Waals surface area contributed by atoms with Crippen molar-refractivity contribution in [1.29, 1.82) is 0 Å². The third kappa shape index (κ3) is 1.05. The highest BCUT2D eigenvalue weighted by Crippen LogP contribution is 2.30. The minimum absolute atomic E-state index is 0.775. The molecule has 0 saturated carbocycles. The van der Waals surface area contributed by atoms with Crippen LogP contribution in [0, 0.1) is 0 Å². The minimum atomic E-state index is 0.775. The summed E-state index contributed by atoms with van der Waals surface area (Å²) in [5, 5.41) is 0. The summed E-state index contributed by atoms with van der Waals surface area (Å²) in [6.07, 6.45) is 7.00. The molecule has 58 valence electrons. The lowest BCUT2D eigenvalue weighted by Crippen LogP contribution is -2.27. The van der Waals surface area contributed by atoms with Crippen molar-refractivity contribution in [3.63, 3.8) is 0 Å². The van der Waals surface area contributed by atoms with E-state index in [1.807, 2.05) is 0 Å². The molecule has 0 aliphatic heterocycles. The fourth-order valence-electron chi connectivity index (χ4n) is 1.85. The molecule has 0 amide bonds. The number of nitrogens with zero attached hydrogens (tertiary/aromatic N) is 1. The Kier molecular flexibility index (Phi) is 1.45. The van der Waals surface area contributed by atoms with Crippen LogP contribution in [-0.2, 0) is 13.5 Å². The van der Waals surface area contributed by atoms with Gasteiger partial charge in [0, 0.05) is 11.6 Å². The van der Waals surface area contributed by atoms with E-state index in [0.717, 1.165) is 5.92 Å². The molecule has 1 unspecified atom stereocenters. The highest BCUT2D eigenvalue weighted by atomic mass is 14.9. The maximum absolute atomic E-state index is 2.31. The van der Waals surface area contributed by atoms with E-state index in [1.165, 1.54) is 12.8 Å². The maximum Gasteiger partial charge on any atom is 0.172 e. The average Bonchev–Trinajstić information content (AvgIpc) is 2.33. The number of hydrogen-bond donors (Lipinski definition) is 0. The molecule has 1 heterocycles. The van der Waals surface area contributed by atoms with Crippen molar-refractivity contribution < 1.29 is 4.57 Å². The maximum atomic E-state index is 2.31. The summed E-state index contributed by atoms with van der Waals surface area (Å²) >= 11 is 0. The topological polar surface area (TPSA) is 3.88 Å². The molecule has 2 rings (SSSR count). The Hall–Kier alpha value is -0.850. The third-order valence-corrected chi connectivity index (χ3v) is 2.60. The molecule has 1 nitrogen and oxygen atoms in total. The van der Waals surface area contributed by atoms with Gasteiger partial charge in [0.15, 0.2) is 12.4 Å². The van der Waals surface area contributed by atoms with E-state index in [2.05, 4.69) is 37.0 Å². The van der Waals surface area contributed by atoms with Crippen molar-refractivity contribution >= 4 is 0 Å². The Bertz CT molecular complexity index is 278. The van der Waals surface area contributed by atoms with Gasteiger partial charge in [-0.3, -0.25) is 0 Å². The van der Waals surface area contributed by atoms with E-state index in [0.29, 0.717) is 0 Å². The van der Waals surface area contributed by atoms with E-state index in [9.17, 15) is 0 Å². The molecular weight excluding hydrogens is 134 g/mol. The number of pyridine rings is 1. The molecule has 0 bridgehead atoms. The van der Waals surface area contributed by atoms with Crippen LogP contribution in [0.3, 0.4) is 0 Å². The number of aryl methyl sites for hydroxylation is 2. The fourth-order valence-corrected chi connectivity index (χ4v) is 1.85. The summed E-state index contributed by atoms with van der Waals surface area (Å²) in [7, 11) is 2.09. The molecule has 0 fully saturated rings. The molecule has 1 heteroatoms. The second kappa shape index (κ2) is 2.33. The van der Waals surface area contributed by atoms with Gasteiger partial charge >= 0.3 is 0 Å². The van der Waals surface area contributed by atoms with E-state index in [1.54, 1.807) is 11.1 Å². The van der Waals surface area contributed by atoms with E-state index in [-0.39, 0.29) is 0 Å². The van der Waals surface area contributed by atoms with E-state index >= 15 is 0 Å². The lowest BCUT2D eigenvalue weighted by molar-refractivity contribution is -0.672. The molecule has 1 aliphatic carbocycles. The molecule has 0 N–H and O–H groups in total. The SMILES string of the molecule is CC1CCc2cc[n+](C)cc21. The predicted molar refractivity (Wildman–Crippen MR) is 44.4 cm³/mol. The summed E-state index contributed by atoms with van der Waals surface area (Å²) in [5.74, 6) is 0.775. The van der Waals surface area contributed by atoms with E-state index < -0.39 is 0 Å². The number of fused-ring (bicyclic) bond motifs is 1. The zero-order valence-electron chi connectivity index (χ0n) is 7.17. The van der Waals surface area contributed by atoms with Crippen LogP contribution in [0.2, 0.25) is 0 Å². The molecule has 0 spiro atoms. The fraction of sp³-hybridized carbons (Fsp3) is 0.500. The first-order chi connectivity index (χ1) is 5.27. The summed E-state index contributed by atoms with van der Waals surface area (Å²) in [6.45, 7) is 2.31. The van der Waals surface area contributed by atoms with Crippen LogP contribution < -0.4 is 4.57 Å². The first-order valence-corrected chi connectivity index (χ1v) is 4.25. The second-order valence-electron chi connectivity index (χ2n) is 3.53. The van der Waals surface area contributed by atoms with E-state index in [4.69, 9.17) is 0 Å². The van der Waals surface area contributed by atoms with Crippen LogP contribution in [0.4, 0.5) is 0 Å². The van der Waals surface area contributed by atoms with Crippen molar-refractivity contribution in [1.82, 2.24) is 0 Å². The lowest BCUT2D eigenvalue weighted by atomic mass is 10.1. The Morgan fingerprint density at radius 1 is 1.55 bits per heavy atom. The smallest absolute Gasteiger partial charge is 0.172 e. The first-order valence-electron chi connectivity index (χ1n) is 4.25. The standard InChI is InChI=1S/C10H14N/c1-8-3-4-9-5-6-11(2)7-10(8)9/h5-8H,3-4H2,1-2H3/q+1. The summed E-state index contributed by atoms with van der Waals surface area (Å²) in [4.78, 5) is 0. The van der Waals surface area contributed by atoms with Gasteiger partial charge in [0.1, 0.15) is 7.05 Å². The van der Waals surface area contributed by atoms with Gasteiger partial charge in [0.2, 0.25) is 0 Å². The Balaban J connectivity index is 2.52. The zero-order chi connectivity index (χ0) is 7.84. The van der Waals surface area contributed by atoms with Crippen LogP contribution in [0.15, 0.2) is 18.5 Å². The van der Waals surface area contributed by atoms with Gasteiger partial charge in [-0.15, -0.1) is 0 Å². The molecule has 1 atom stereocenters. The molecule has 1 aromatic heterocycles. The predicted octanol–water partition coefficient (Wildman–Crippen LogP) is 1.56. The summed E-state index contributed by atoms with van der Waals surface area (Å²) in [6, 6.07) is 2.25. The van der Waals surface area contributed by atoms with Crippen molar-refractivity contribution in [2.75, 3.05) is 0 Å². The zero-order valence-corrected chi connectivity index (χ0v) is 7.17.